The van der Waals surface area contributed by atoms with Crippen LogP contribution in [0.3, 0.4) is 0 Å². The molecule has 0 atom stereocenters. The number of nitrogens with two attached hydrogens (primary N) is 1. The lowest BCUT2D eigenvalue weighted by Crippen LogP contribution is -1.80. The minimum absolute atomic E-state index is 0.730. The quantitative estimate of drug-likeness (QED) is 0.479. The van der Waals surface area contributed by atoms with Crippen LogP contribution in [0.5, 0.6) is 0 Å². The van der Waals surface area contributed by atoms with Crippen LogP contribution in [-0.4, -0.2) is 0 Å². The van der Waals surface area contributed by atoms with Gasteiger partial charge in [0.2, 0.25) is 0 Å². The molecule has 0 aliphatic carbocycles. The van der Waals surface area contributed by atoms with Gasteiger partial charge in [-0.2, -0.15) is 10.2 Å². The van der Waals surface area contributed by atoms with Crippen molar-refractivity contribution in [3.63, 3.8) is 0 Å². The molecule has 2 rings (SSSR count). The predicted octanol–water partition coefficient (Wildman–Crippen LogP) is 3.71. The van der Waals surface area contributed by atoms with E-state index in [2.05, 4.69) is 10.2 Å². The van der Waals surface area contributed by atoms with Crippen molar-refractivity contribution in [1.29, 1.82) is 10.8 Å². The summed E-state index contributed by atoms with van der Waals surface area (Å²) in [5, 5.41) is 20.2. The zero-order chi connectivity index (χ0) is 12.5. The van der Waals surface area contributed by atoms with E-state index >= 15 is 0 Å². The first-order valence-electron chi connectivity index (χ1n) is 4.87. The molecule has 5 nitrogen and oxygen atoms in total. The Balaban J connectivity index is 0.000000686. The zero-order valence-electron chi connectivity index (χ0n) is 9.06. The second-order valence-corrected chi connectivity index (χ2v) is 3.13. The van der Waals surface area contributed by atoms with Crippen LogP contribution in [0.15, 0.2) is 64.8 Å². The van der Waals surface area contributed by atoms with E-state index in [9.17, 15) is 0 Å². The van der Waals surface area contributed by atoms with Gasteiger partial charge in [0.15, 0.2) is 0 Å². The normalized spacial score (nSPS) is 9.53. The van der Waals surface area contributed by atoms with Gasteiger partial charge in [0, 0.05) is 16.5 Å². The fraction of sp³-hybridized carbons (Fsp3) is 0. The monoisotopic (exact) mass is 225 g/mol. The van der Waals surface area contributed by atoms with E-state index in [4.69, 9.17) is 16.5 Å². The molecule has 0 fully saturated rings. The molecular formula is C12H11N5. The van der Waals surface area contributed by atoms with Crippen molar-refractivity contribution in [1.82, 2.24) is 0 Å². The van der Waals surface area contributed by atoms with E-state index < -0.39 is 0 Å². The summed E-state index contributed by atoms with van der Waals surface area (Å²) in [6.45, 7) is 0. The summed E-state index contributed by atoms with van der Waals surface area (Å²) in [4.78, 5) is 0. The molecule has 17 heavy (non-hydrogen) atoms. The molecule has 0 aliphatic rings. The highest BCUT2D eigenvalue weighted by atomic mass is 15.1. The number of anilines is 1. The van der Waals surface area contributed by atoms with Crippen molar-refractivity contribution < 1.29 is 0 Å². The zero-order valence-corrected chi connectivity index (χ0v) is 9.06. The first-order valence-corrected chi connectivity index (χ1v) is 4.87. The standard InChI is InChI=1S/C12H11N3.N2/c13-10-6-8-12(9-7-10)15-14-11-4-2-1-3-5-11;1-2/h1-9H,13H2;. The highest BCUT2D eigenvalue weighted by Crippen LogP contribution is 2.18. The first kappa shape index (κ1) is 12.3. The molecule has 0 amide bonds. The van der Waals surface area contributed by atoms with Crippen LogP contribution in [-0.2, 0) is 0 Å². The highest BCUT2D eigenvalue weighted by Gasteiger charge is 1.89. The summed E-state index contributed by atoms with van der Waals surface area (Å²) in [7, 11) is 0. The molecule has 0 radical (unpaired) electrons. The second kappa shape index (κ2) is 6.69. The first-order chi connectivity index (χ1) is 8.34. The Morgan fingerprint density at radius 1 is 0.706 bits per heavy atom. The molecule has 2 N–H and O–H groups in total. The van der Waals surface area contributed by atoms with E-state index in [1.165, 1.54) is 0 Å². The van der Waals surface area contributed by atoms with Crippen LogP contribution in [0.25, 0.3) is 0 Å². The summed E-state index contributed by atoms with van der Waals surface area (Å²) in [6, 6.07) is 16.9. The molecule has 0 saturated heterocycles. The predicted molar refractivity (Wildman–Crippen MR) is 64.9 cm³/mol. The molecule has 0 bridgehead atoms. The van der Waals surface area contributed by atoms with E-state index in [1.807, 2.05) is 42.5 Å². The van der Waals surface area contributed by atoms with Crippen LogP contribution in [0.1, 0.15) is 0 Å². The lowest BCUT2D eigenvalue weighted by molar-refractivity contribution is 1.15. The van der Waals surface area contributed by atoms with Gasteiger partial charge in [0.05, 0.1) is 11.4 Å². The van der Waals surface area contributed by atoms with Crippen LogP contribution < -0.4 is 5.73 Å². The molecule has 2 aromatic carbocycles. The molecule has 0 saturated carbocycles. The summed E-state index contributed by atoms with van der Waals surface area (Å²) >= 11 is 0. The average molecular weight is 225 g/mol. The Hall–Kier alpha value is -2.74. The number of rotatable bonds is 2. The van der Waals surface area contributed by atoms with Crippen molar-refractivity contribution in [2.75, 3.05) is 5.73 Å². The fourth-order valence-electron chi connectivity index (χ4n) is 1.15. The lowest BCUT2D eigenvalue weighted by Gasteiger charge is -1.93. The van der Waals surface area contributed by atoms with Gasteiger partial charge >= 0.3 is 0 Å². The third kappa shape index (κ3) is 4.10. The molecular weight excluding hydrogens is 214 g/mol. The van der Waals surface area contributed by atoms with E-state index in [0.29, 0.717) is 0 Å². The van der Waals surface area contributed by atoms with Crippen LogP contribution in [0.2, 0.25) is 0 Å². The molecule has 0 aliphatic heterocycles. The van der Waals surface area contributed by atoms with Crippen LogP contribution >= 0.6 is 0 Å². The second-order valence-electron chi connectivity index (χ2n) is 3.13. The number of benzene rings is 2. The summed E-state index contributed by atoms with van der Waals surface area (Å²) in [5.74, 6) is 0. The number of nitrogen functional groups attached to an aromatic ring is 1. The van der Waals surface area contributed by atoms with Crippen LogP contribution in [0.4, 0.5) is 17.1 Å². The summed E-state index contributed by atoms with van der Waals surface area (Å²) < 4.78 is 0. The third-order valence-corrected chi connectivity index (χ3v) is 1.93. The number of azo groups is 1. The molecule has 2 aromatic rings. The van der Waals surface area contributed by atoms with Gasteiger partial charge in [-0.3, -0.25) is 0 Å². The van der Waals surface area contributed by atoms with Gasteiger partial charge < -0.3 is 5.73 Å². The van der Waals surface area contributed by atoms with Gasteiger partial charge in [-0.1, -0.05) is 18.2 Å². The van der Waals surface area contributed by atoms with E-state index in [-0.39, 0.29) is 0 Å². The largest absolute Gasteiger partial charge is 0.399 e. The molecule has 0 spiro atoms. The molecule has 0 aromatic heterocycles. The highest BCUT2D eigenvalue weighted by molar-refractivity contribution is 5.47. The maximum atomic E-state index is 6.00. The third-order valence-electron chi connectivity index (χ3n) is 1.93. The van der Waals surface area contributed by atoms with Gasteiger partial charge in [-0.15, -0.1) is 0 Å². The minimum Gasteiger partial charge on any atom is -0.399 e. The molecule has 0 unspecified atom stereocenters. The van der Waals surface area contributed by atoms with E-state index in [0.717, 1.165) is 17.1 Å². The Kier molecular flexibility index (Phi) is 4.85. The maximum Gasteiger partial charge on any atom is 0.0858 e. The smallest absolute Gasteiger partial charge is 0.0858 e. The Morgan fingerprint density at radius 3 is 1.71 bits per heavy atom. The van der Waals surface area contributed by atoms with Crippen molar-refractivity contribution in [2.45, 2.75) is 0 Å². The van der Waals surface area contributed by atoms with Gasteiger partial charge in [-0.05, 0) is 36.4 Å². The van der Waals surface area contributed by atoms with Crippen molar-refractivity contribution in [3.8, 4) is 0 Å². The maximum absolute atomic E-state index is 6.00. The van der Waals surface area contributed by atoms with Crippen molar-refractivity contribution >= 4 is 17.1 Å². The topological polar surface area (TPSA) is 98.3 Å². The SMILES string of the molecule is N#N.Nc1ccc(N=Nc2ccccc2)cc1. The lowest BCUT2D eigenvalue weighted by atomic mass is 10.3. The minimum atomic E-state index is 0.730. The van der Waals surface area contributed by atoms with Crippen molar-refractivity contribution in [3.05, 3.63) is 54.6 Å². The number of hydrogen-bond acceptors (Lipinski definition) is 5. The van der Waals surface area contributed by atoms with Gasteiger partial charge in [0.1, 0.15) is 0 Å². The molecule has 0 heterocycles. The van der Waals surface area contributed by atoms with Gasteiger partial charge in [0.25, 0.3) is 0 Å². The Morgan fingerprint density at radius 2 is 1.18 bits per heavy atom. The Labute approximate surface area is 99.0 Å². The summed E-state index contributed by atoms with van der Waals surface area (Å²) in [5.41, 5.74) is 7.93. The summed E-state index contributed by atoms with van der Waals surface area (Å²) in [6.07, 6.45) is 0. The molecule has 5 heteroatoms. The molecule has 84 valence electrons. The van der Waals surface area contributed by atoms with E-state index in [1.54, 1.807) is 12.1 Å². The number of nitrogens with zero attached hydrogens (tertiary/aromatic N) is 4. The number of hydrogen-bond donors (Lipinski definition) is 1. The Bertz CT molecular complexity index is 487. The van der Waals surface area contributed by atoms with Crippen LogP contribution in [0, 0.1) is 10.8 Å². The van der Waals surface area contributed by atoms with Gasteiger partial charge in [-0.25, -0.2) is 0 Å². The average Bonchev–Trinajstić information content (AvgIpc) is 2.42. The fourth-order valence-corrected chi connectivity index (χ4v) is 1.15. The van der Waals surface area contributed by atoms with Crippen molar-refractivity contribution in [2.24, 2.45) is 10.2 Å².